The van der Waals surface area contributed by atoms with Crippen LogP contribution >= 0.6 is 24.0 Å². The fourth-order valence-corrected chi connectivity index (χ4v) is 2.48. The molecule has 1 heterocycles. The molecule has 0 radical (unpaired) electrons. The lowest BCUT2D eigenvalue weighted by Crippen LogP contribution is -2.53. The van der Waals surface area contributed by atoms with Crippen LogP contribution in [0.1, 0.15) is 20.3 Å². The molecule has 0 saturated carbocycles. The van der Waals surface area contributed by atoms with Crippen molar-refractivity contribution in [3.8, 4) is 0 Å². The van der Waals surface area contributed by atoms with Gasteiger partial charge in [0.1, 0.15) is 0 Å². The fraction of sp³-hybridized carbons (Fsp3) is 0.778. The van der Waals surface area contributed by atoms with Crippen molar-refractivity contribution >= 4 is 34.9 Å². The summed E-state index contributed by atoms with van der Waals surface area (Å²) in [5.74, 6) is 2.20. The second-order valence-electron chi connectivity index (χ2n) is 4.04. The number of thioether (sulfide) groups is 1. The molecule has 3 N–H and O–H groups in total. The van der Waals surface area contributed by atoms with Crippen LogP contribution in [0.2, 0.25) is 0 Å². The molecule has 0 aromatic heterocycles. The van der Waals surface area contributed by atoms with Gasteiger partial charge in [0.25, 0.3) is 0 Å². The summed E-state index contributed by atoms with van der Waals surface area (Å²) in [5.41, 5.74) is 4.96. The first-order valence-corrected chi connectivity index (χ1v) is 6.19. The molecule has 1 fully saturated rings. The van der Waals surface area contributed by atoms with Crippen LogP contribution in [0.15, 0.2) is 0 Å². The van der Waals surface area contributed by atoms with Crippen LogP contribution in [0.5, 0.6) is 0 Å². The van der Waals surface area contributed by atoms with Gasteiger partial charge >= 0.3 is 0 Å². The predicted molar refractivity (Wildman–Crippen MR) is 64.4 cm³/mol. The number of nitrogens with two attached hydrogens (primary N) is 1. The lowest BCUT2D eigenvalue weighted by Gasteiger charge is -2.26. The van der Waals surface area contributed by atoms with Gasteiger partial charge in [0.05, 0.1) is 10.5 Å². The van der Waals surface area contributed by atoms with E-state index in [-0.39, 0.29) is 11.8 Å². The highest BCUT2D eigenvalue weighted by Crippen LogP contribution is 2.24. The summed E-state index contributed by atoms with van der Waals surface area (Å²) in [7, 11) is 0. The molecular formula is C9H16N2OS2. The summed E-state index contributed by atoms with van der Waals surface area (Å²) in [4.78, 5) is 12.1. The Hall–Kier alpha value is -0.290. The standard InChI is InChI=1S/C9H16N2OS2/c1-9(2,8(10)13)11-7(12)6-3-4-14-5-6/h6H,3-5H2,1-2H3,(H2,10,13)(H,11,12). The van der Waals surface area contributed by atoms with Crippen molar-refractivity contribution in [1.29, 1.82) is 0 Å². The Balaban J connectivity index is 2.51. The minimum absolute atomic E-state index is 0.0767. The molecule has 0 spiro atoms. The number of nitrogens with one attached hydrogen (secondary N) is 1. The SMILES string of the molecule is CC(C)(NC(=O)C1CCSC1)C(N)=S. The highest BCUT2D eigenvalue weighted by molar-refractivity contribution is 7.99. The fourth-order valence-electron chi connectivity index (χ4n) is 1.21. The number of hydrogen-bond donors (Lipinski definition) is 2. The maximum atomic E-state index is 11.7. The quantitative estimate of drug-likeness (QED) is 0.711. The molecule has 14 heavy (non-hydrogen) atoms. The molecule has 1 saturated heterocycles. The normalized spacial score (nSPS) is 22.0. The Morgan fingerprint density at radius 2 is 2.29 bits per heavy atom. The zero-order chi connectivity index (χ0) is 10.8. The Morgan fingerprint density at radius 3 is 2.71 bits per heavy atom. The van der Waals surface area contributed by atoms with E-state index >= 15 is 0 Å². The molecule has 1 atom stereocenters. The number of amides is 1. The van der Waals surface area contributed by atoms with Crippen LogP contribution < -0.4 is 11.1 Å². The lowest BCUT2D eigenvalue weighted by molar-refractivity contribution is -0.125. The molecule has 0 aromatic carbocycles. The van der Waals surface area contributed by atoms with E-state index in [2.05, 4.69) is 5.32 Å². The zero-order valence-electron chi connectivity index (χ0n) is 8.50. The zero-order valence-corrected chi connectivity index (χ0v) is 10.1. The van der Waals surface area contributed by atoms with Crippen molar-refractivity contribution in [3.05, 3.63) is 0 Å². The largest absolute Gasteiger partial charge is 0.391 e. The van der Waals surface area contributed by atoms with Gasteiger partial charge in [0.2, 0.25) is 5.91 Å². The number of carbonyl (C=O) groups excluding carboxylic acids is 1. The van der Waals surface area contributed by atoms with E-state index < -0.39 is 5.54 Å². The Bertz CT molecular complexity index is 247. The number of hydrogen-bond acceptors (Lipinski definition) is 3. The van der Waals surface area contributed by atoms with E-state index in [1.54, 1.807) is 0 Å². The third-order valence-electron chi connectivity index (χ3n) is 2.35. The topological polar surface area (TPSA) is 55.1 Å². The number of rotatable bonds is 3. The first-order valence-electron chi connectivity index (χ1n) is 4.63. The molecule has 3 nitrogen and oxygen atoms in total. The molecule has 5 heteroatoms. The van der Waals surface area contributed by atoms with E-state index in [4.69, 9.17) is 18.0 Å². The monoisotopic (exact) mass is 232 g/mol. The van der Waals surface area contributed by atoms with Crippen LogP contribution in [0.25, 0.3) is 0 Å². The summed E-state index contributed by atoms with van der Waals surface area (Å²) in [6.45, 7) is 3.66. The summed E-state index contributed by atoms with van der Waals surface area (Å²) >= 11 is 6.70. The predicted octanol–water partition coefficient (Wildman–Crippen LogP) is 0.920. The molecule has 80 valence electrons. The van der Waals surface area contributed by atoms with Crippen molar-refractivity contribution in [2.45, 2.75) is 25.8 Å². The number of thiocarbonyl (C=S) groups is 1. The van der Waals surface area contributed by atoms with E-state index in [1.807, 2.05) is 25.6 Å². The Kier molecular flexibility index (Phi) is 3.78. The van der Waals surface area contributed by atoms with Gasteiger partial charge in [-0.25, -0.2) is 0 Å². The van der Waals surface area contributed by atoms with E-state index in [0.717, 1.165) is 17.9 Å². The van der Waals surface area contributed by atoms with Crippen molar-refractivity contribution in [2.75, 3.05) is 11.5 Å². The van der Waals surface area contributed by atoms with Crippen molar-refractivity contribution in [1.82, 2.24) is 5.32 Å². The third kappa shape index (κ3) is 2.85. The van der Waals surface area contributed by atoms with Gasteiger partial charge in [-0.1, -0.05) is 12.2 Å². The molecule has 1 amide bonds. The summed E-state index contributed by atoms with van der Waals surface area (Å²) in [6.07, 6.45) is 0.962. The molecule has 1 aliphatic heterocycles. The minimum Gasteiger partial charge on any atom is -0.391 e. The van der Waals surface area contributed by atoms with Gasteiger partial charge in [-0.2, -0.15) is 11.8 Å². The molecule has 0 aromatic rings. The molecule has 1 unspecified atom stereocenters. The highest BCUT2D eigenvalue weighted by atomic mass is 32.2. The number of carbonyl (C=O) groups is 1. The van der Waals surface area contributed by atoms with Gasteiger partial charge in [-0.3, -0.25) is 4.79 Å². The second-order valence-corrected chi connectivity index (χ2v) is 5.63. The molecule has 0 aliphatic carbocycles. The third-order valence-corrected chi connectivity index (χ3v) is 4.02. The van der Waals surface area contributed by atoms with Crippen LogP contribution in [0.3, 0.4) is 0 Å². The maximum Gasteiger partial charge on any atom is 0.224 e. The van der Waals surface area contributed by atoms with Gasteiger partial charge in [-0.05, 0) is 26.0 Å². The summed E-state index contributed by atoms with van der Waals surface area (Å²) in [5, 5.41) is 2.88. The van der Waals surface area contributed by atoms with E-state index in [9.17, 15) is 4.79 Å². The van der Waals surface area contributed by atoms with Gasteiger partial charge in [0, 0.05) is 11.7 Å². The average Bonchev–Trinajstić information content (AvgIpc) is 2.54. The minimum atomic E-state index is -0.570. The van der Waals surface area contributed by atoms with Gasteiger partial charge < -0.3 is 11.1 Å². The molecular weight excluding hydrogens is 216 g/mol. The van der Waals surface area contributed by atoms with E-state index in [0.29, 0.717) is 4.99 Å². The average molecular weight is 232 g/mol. The van der Waals surface area contributed by atoms with Gasteiger partial charge in [-0.15, -0.1) is 0 Å². The molecule has 1 aliphatic rings. The Labute approximate surface area is 94.2 Å². The maximum absolute atomic E-state index is 11.7. The first-order chi connectivity index (χ1) is 6.43. The van der Waals surface area contributed by atoms with Crippen LogP contribution in [-0.2, 0) is 4.79 Å². The van der Waals surface area contributed by atoms with Crippen molar-refractivity contribution < 1.29 is 4.79 Å². The van der Waals surface area contributed by atoms with Gasteiger partial charge in [0.15, 0.2) is 0 Å². The van der Waals surface area contributed by atoms with Crippen molar-refractivity contribution in [2.24, 2.45) is 11.7 Å². The Morgan fingerprint density at radius 1 is 1.64 bits per heavy atom. The second kappa shape index (κ2) is 4.49. The van der Waals surface area contributed by atoms with Crippen molar-refractivity contribution in [3.63, 3.8) is 0 Å². The summed E-state index contributed by atoms with van der Waals surface area (Å²) < 4.78 is 0. The van der Waals surface area contributed by atoms with Crippen LogP contribution in [-0.4, -0.2) is 27.9 Å². The smallest absolute Gasteiger partial charge is 0.224 e. The lowest BCUT2D eigenvalue weighted by atomic mass is 10.0. The highest BCUT2D eigenvalue weighted by Gasteiger charge is 2.29. The molecule has 0 bridgehead atoms. The van der Waals surface area contributed by atoms with Crippen LogP contribution in [0, 0.1) is 5.92 Å². The molecule has 1 rings (SSSR count). The van der Waals surface area contributed by atoms with E-state index in [1.165, 1.54) is 0 Å². The first kappa shape index (κ1) is 11.8. The summed E-state index contributed by atoms with van der Waals surface area (Å²) in [6, 6.07) is 0. The van der Waals surface area contributed by atoms with Crippen LogP contribution in [0.4, 0.5) is 0 Å².